The number of imidazole rings is 1. The molecule has 0 aliphatic carbocycles. The maximum Gasteiger partial charge on any atom is 0.416 e. The van der Waals surface area contributed by atoms with E-state index in [9.17, 15) is 18.0 Å². The van der Waals surface area contributed by atoms with Crippen LogP contribution in [0.3, 0.4) is 0 Å². The first kappa shape index (κ1) is 27.2. The number of hydrogen-bond donors (Lipinski definition) is 1. The summed E-state index contributed by atoms with van der Waals surface area (Å²) in [5.74, 6) is 4.02. The molecule has 0 radical (unpaired) electrons. The fraction of sp³-hybridized carbons (Fsp3) is 0.407. The molecule has 1 aromatic carbocycles. The molecule has 0 saturated carbocycles. The van der Waals surface area contributed by atoms with Gasteiger partial charge in [-0.05, 0) is 56.6 Å². The molecule has 1 saturated heterocycles. The quantitative estimate of drug-likeness (QED) is 0.299. The Labute approximate surface area is 228 Å². The van der Waals surface area contributed by atoms with Gasteiger partial charge in [-0.1, -0.05) is 6.07 Å². The SMILES string of the molecule is CN(C)Cc1ccc(CSCCn2c(=O)[nH]c3ccc(N4CCN(c5cccc(C(F)(F)F)c5)CC4)nc32)o1. The minimum atomic E-state index is -4.36. The van der Waals surface area contributed by atoms with E-state index in [1.807, 2.05) is 43.3 Å². The average Bonchev–Trinajstić information content (AvgIpc) is 3.48. The van der Waals surface area contributed by atoms with Gasteiger partial charge in [0.05, 0.1) is 23.4 Å². The van der Waals surface area contributed by atoms with Gasteiger partial charge in [0.15, 0.2) is 5.65 Å². The number of nitrogens with zero attached hydrogens (tertiary/aromatic N) is 5. The minimum Gasteiger partial charge on any atom is -0.464 e. The van der Waals surface area contributed by atoms with Crippen molar-refractivity contribution in [2.45, 2.75) is 25.0 Å². The Morgan fingerprint density at radius 1 is 1.03 bits per heavy atom. The van der Waals surface area contributed by atoms with E-state index in [0.29, 0.717) is 49.6 Å². The average molecular weight is 561 g/mol. The number of aromatic nitrogens is 3. The first-order valence-electron chi connectivity index (χ1n) is 12.7. The molecule has 8 nitrogen and oxygen atoms in total. The molecule has 1 aliphatic rings. The van der Waals surface area contributed by atoms with Crippen LogP contribution in [-0.2, 0) is 25.0 Å². The number of nitrogens with one attached hydrogen (secondary N) is 1. The van der Waals surface area contributed by atoms with Gasteiger partial charge in [0.25, 0.3) is 0 Å². The van der Waals surface area contributed by atoms with Crippen LogP contribution in [-0.4, -0.2) is 65.5 Å². The van der Waals surface area contributed by atoms with Gasteiger partial charge in [-0.3, -0.25) is 4.57 Å². The zero-order valence-corrected chi connectivity index (χ0v) is 22.7. The Balaban J connectivity index is 1.20. The summed E-state index contributed by atoms with van der Waals surface area (Å²) in [5.41, 5.74) is 1.00. The Bertz CT molecular complexity index is 1470. The molecule has 1 aliphatic heterocycles. The van der Waals surface area contributed by atoms with Gasteiger partial charge in [0.1, 0.15) is 17.3 Å². The van der Waals surface area contributed by atoms with E-state index in [1.165, 1.54) is 12.1 Å². The van der Waals surface area contributed by atoms with Crippen molar-refractivity contribution in [1.82, 2.24) is 19.4 Å². The van der Waals surface area contributed by atoms with Gasteiger partial charge in [-0.2, -0.15) is 24.9 Å². The molecule has 39 heavy (non-hydrogen) atoms. The molecule has 4 heterocycles. The van der Waals surface area contributed by atoms with Crippen LogP contribution in [0.2, 0.25) is 0 Å². The summed E-state index contributed by atoms with van der Waals surface area (Å²) in [4.78, 5) is 26.4. The van der Waals surface area contributed by atoms with Crippen molar-refractivity contribution in [3.63, 3.8) is 0 Å². The number of benzene rings is 1. The van der Waals surface area contributed by atoms with Crippen LogP contribution < -0.4 is 15.5 Å². The zero-order chi connectivity index (χ0) is 27.6. The summed E-state index contributed by atoms with van der Waals surface area (Å²) in [6.45, 7) is 3.62. The Morgan fingerprint density at radius 3 is 2.51 bits per heavy atom. The summed E-state index contributed by atoms with van der Waals surface area (Å²) in [6.07, 6.45) is -4.36. The molecule has 0 amide bonds. The lowest BCUT2D eigenvalue weighted by molar-refractivity contribution is -0.137. The van der Waals surface area contributed by atoms with Crippen molar-refractivity contribution >= 4 is 34.4 Å². The van der Waals surface area contributed by atoms with Crippen molar-refractivity contribution in [3.8, 4) is 0 Å². The van der Waals surface area contributed by atoms with E-state index in [1.54, 1.807) is 22.4 Å². The number of piperazine rings is 1. The van der Waals surface area contributed by atoms with E-state index in [-0.39, 0.29) is 5.69 Å². The molecule has 12 heteroatoms. The number of alkyl halides is 3. The van der Waals surface area contributed by atoms with E-state index < -0.39 is 11.7 Å². The predicted molar refractivity (Wildman–Crippen MR) is 148 cm³/mol. The number of rotatable bonds is 9. The van der Waals surface area contributed by atoms with Gasteiger partial charge < -0.3 is 24.1 Å². The smallest absolute Gasteiger partial charge is 0.416 e. The Hall–Kier alpha value is -3.38. The van der Waals surface area contributed by atoms with Gasteiger partial charge in [0, 0.05) is 44.2 Å². The number of fused-ring (bicyclic) bond motifs is 1. The highest BCUT2D eigenvalue weighted by atomic mass is 32.2. The van der Waals surface area contributed by atoms with Crippen LogP contribution in [0, 0.1) is 0 Å². The maximum atomic E-state index is 13.1. The first-order valence-corrected chi connectivity index (χ1v) is 13.9. The minimum absolute atomic E-state index is 0.198. The second-order valence-corrected chi connectivity index (χ2v) is 10.9. The van der Waals surface area contributed by atoms with Gasteiger partial charge in [0.2, 0.25) is 0 Å². The van der Waals surface area contributed by atoms with Crippen molar-refractivity contribution < 1.29 is 17.6 Å². The number of H-pyrrole nitrogens is 1. The second-order valence-electron chi connectivity index (χ2n) is 9.80. The van der Waals surface area contributed by atoms with Crippen LogP contribution >= 0.6 is 11.8 Å². The molecule has 0 atom stereocenters. The van der Waals surface area contributed by atoms with Crippen molar-refractivity contribution in [1.29, 1.82) is 0 Å². The highest BCUT2D eigenvalue weighted by Gasteiger charge is 2.31. The summed E-state index contributed by atoms with van der Waals surface area (Å²) in [5, 5.41) is 0. The van der Waals surface area contributed by atoms with Crippen LogP contribution in [0.15, 0.2) is 57.7 Å². The highest BCUT2D eigenvalue weighted by Crippen LogP contribution is 2.32. The topological polar surface area (TPSA) is 73.5 Å². The second kappa shape index (κ2) is 11.4. The number of aryl methyl sites for hydroxylation is 1. The molecule has 4 aromatic rings. The molecule has 0 bridgehead atoms. The van der Waals surface area contributed by atoms with Crippen molar-refractivity contribution in [3.05, 3.63) is 76.1 Å². The predicted octanol–water partition coefficient (Wildman–Crippen LogP) is 4.66. The summed E-state index contributed by atoms with van der Waals surface area (Å²) >= 11 is 1.69. The molecule has 0 unspecified atom stereocenters. The fourth-order valence-electron chi connectivity index (χ4n) is 4.70. The van der Waals surface area contributed by atoms with E-state index in [4.69, 9.17) is 9.40 Å². The Kier molecular flexibility index (Phi) is 7.94. The standard InChI is InChI=1S/C27H31F3N6O2S/c1-33(2)17-21-6-7-22(38-21)18-39-15-14-36-25-23(31-26(36)37)8-9-24(32-25)35-12-10-34(11-13-35)20-5-3-4-19(16-20)27(28,29)30/h3-9,16H,10-15,17-18H2,1-2H3,(H,31,37). The van der Waals surface area contributed by atoms with Crippen molar-refractivity contribution in [2.75, 3.05) is 55.8 Å². The van der Waals surface area contributed by atoms with Crippen LogP contribution in [0.1, 0.15) is 17.1 Å². The molecule has 1 N–H and O–H groups in total. The number of aromatic amines is 1. The maximum absolute atomic E-state index is 13.1. The van der Waals surface area contributed by atoms with Gasteiger partial charge >= 0.3 is 11.9 Å². The largest absolute Gasteiger partial charge is 0.464 e. The number of thioether (sulfide) groups is 1. The van der Waals surface area contributed by atoms with E-state index in [0.717, 1.165) is 41.5 Å². The third-order valence-corrected chi connectivity index (χ3v) is 7.60. The monoisotopic (exact) mass is 560 g/mol. The molecule has 5 rings (SSSR count). The molecular weight excluding hydrogens is 529 g/mol. The lowest BCUT2D eigenvalue weighted by atomic mass is 10.1. The lowest BCUT2D eigenvalue weighted by Gasteiger charge is -2.37. The van der Waals surface area contributed by atoms with Crippen molar-refractivity contribution in [2.24, 2.45) is 0 Å². The fourth-order valence-corrected chi connectivity index (χ4v) is 5.51. The Morgan fingerprint density at radius 2 is 1.77 bits per heavy atom. The highest BCUT2D eigenvalue weighted by molar-refractivity contribution is 7.98. The summed E-state index contributed by atoms with van der Waals surface area (Å²) < 4.78 is 46.9. The lowest BCUT2D eigenvalue weighted by Crippen LogP contribution is -2.46. The molecule has 208 valence electrons. The number of pyridine rings is 1. The van der Waals surface area contributed by atoms with Gasteiger partial charge in [-0.15, -0.1) is 0 Å². The number of furan rings is 1. The summed E-state index contributed by atoms with van der Waals surface area (Å²) in [7, 11) is 3.99. The van der Waals surface area contributed by atoms with E-state index in [2.05, 4.69) is 14.8 Å². The third-order valence-electron chi connectivity index (χ3n) is 6.64. The van der Waals surface area contributed by atoms with Crippen LogP contribution in [0.25, 0.3) is 11.2 Å². The van der Waals surface area contributed by atoms with Crippen LogP contribution in [0.4, 0.5) is 24.7 Å². The third kappa shape index (κ3) is 6.44. The number of anilines is 2. The van der Waals surface area contributed by atoms with E-state index >= 15 is 0 Å². The number of hydrogen-bond acceptors (Lipinski definition) is 7. The zero-order valence-electron chi connectivity index (χ0n) is 21.9. The molecule has 3 aromatic heterocycles. The molecular formula is C27H31F3N6O2S. The number of halogens is 3. The molecule has 1 fully saturated rings. The first-order chi connectivity index (χ1) is 18.7. The summed E-state index contributed by atoms with van der Waals surface area (Å²) in [6, 6.07) is 13.2. The van der Waals surface area contributed by atoms with Crippen LogP contribution in [0.5, 0.6) is 0 Å². The van der Waals surface area contributed by atoms with Gasteiger partial charge in [-0.25, -0.2) is 9.78 Å². The normalized spacial score (nSPS) is 14.6. The molecule has 0 spiro atoms.